The quantitative estimate of drug-likeness (QED) is 0.402. The SMILES string of the molecule is O=[P+](O)O.[Ca+2].[Ca+2].[Ca+2].[H-].[H-].[H-].[H-].[H-].[H-]. The molecule has 0 spiro atoms. The molecule has 0 amide bonds. The van der Waals surface area contributed by atoms with Crippen LogP contribution in [0.15, 0.2) is 0 Å². The zero-order valence-electron chi connectivity index (χ0n) is 9.87. The molecule has 0 atom stereocenters. The summed E-state index contributed by atoms with van der Waals surface area (Å²) in [4.78, 5) is 14.2. The molecule has 7 heavy (non-hydrogen) atoms. The van der Waals surface area contributed by atoms with Crippen LogP contribution in [0.5, 0.6) is 0 Å². The van der Waals surface area contributed by atoms with E-state index in [2.05, 4.69) is 0 Å². The van der Waals surface area contributed by atoms with Gasteiger partial charge in [0.25, 0.3) is 0 Å². The van der Waals surface area contributed by atoms with Crippen molar-refractivity contribution in [2.75, 3.05) is 0 Å². The largest absolute Gasteiger partial charge is 2.00 e. The van der Waals surface area contributed by atoms with Crippen LogP contribution in [-0.2, 0) is 4.57 Å². The topological polar surface area (TPSA) is 57.5 Å². The number of hydrogen-bond donors (Lipinski definition) is 2. The van der Waals surface area contributed by atoms with E-state index in [-0.39, 0.29) is 122 Å². The van der Waals surface area contributed by atoms with Crippen molar-refractivity contribution < 1.29 is 22.9 Å². The number of rotatable bonds is 0. The minimum Gasteiger partial charge on any atom is -1.00 e. The van der Waals surface area contributed by atoms with Crippen LogP contribution in [0.1, 0.15) is 8.56 Å². The molecule has 0 saturated heterocycles. The van der Waals surface area contributed by atoms with Gasteiger partial charge in [0.1, 0.15) is 0 Å². The summed E-state index contributed by atoms with van der Waals surface area (Å²) in [5, 5.41) is 0. The third kappa shape index (κ3) is 41.3. The monoisotopic (exact) mass is 207 g/mol. The Morgan fingerprint density at radius 1 is 1.14 bits per heavy atom. The number of hydrogen-bond acceptors (Lipinski definition) is 1. The van der Waals surface area contributed by atoms with Gasteiger partial charge < -0.3 is 8.56 Å². The molecule has 0 aromatic carbocycles. The first-order valence-corrected chi connectivity index (χ1v) is 1.75. The fraction of sp³-hybridized carbons (Fsp3) is 0. The summed E-state index contributed by atoms with van der Waals surface area (Å²) < 4.78 is 8.70. The Hall–Kier alpha value is 3.80. The summed E-state index contributed by atoms with van der Waals surface area (Å²) in [5.74, 6) is 0. The maximum atomic E-state index is 8.70. The minimum absolute atomic E-state index is 0. The summed E-state index contributed by atoms with van der Waals surface area (Å²) in [6, 6.07) is 0. The van der Waals surface area contributed by atoms with Gasteiger partial charge in [-0.05, 0) is 0 Å². The third-order valence-electron chi connectivity index (χ3n) is 0. The molecular weight excluding hydrogens is 199 g/mol. The van der Waals surface area contributed by atoms with E-state index in [1.165, 1.54) is 0 Å². The summed E-state index contributed by atoms with van der Waals surface area (Å²) in [6.45, 7) is 0. The maximum absolute atomic E-state index is 8.70. The van der Waals surface area contributed by atoms with Gasteiger partial charge in [0.15, 0.2) is 0 Å². The maximum Gasteiger partial charge on any atom is 2.00 e. The summed E-state index contributed by atoms with van der Waals surface area (Å²) in [5.41, 5.74) is 0. The van der Waals surface area contributed by atoms with E-state index < -0.39 is 8.25 Å². The van der Waals surface area contributed by atoms with E-state index in [0.29, 0.717) is 0 Å². The van der Waals surface area contributed by atoms with Gasteiger partial charge in [0.05, 0.1) is 0 Å². The van der Waals surface area contributed by atoms with Crippen molar-refractivity contribution in [1.29, 1.82) is 0 Å². The van der Waals surface area contributed by atoms with E-state index in [0.717, 1.165) is 0 Å². The molecule has 0 radical (unpaired) electrons. The molecule has 0 aliphatic rings. The second-order valence-electron chi connectivity index (χ2n) is 0.253. The van der Waals surface area contributed by atoms with Gasteiger partial charge in [-0.2, -0.15) is 0 Å². The molecule has 0 aromatic heterocycles. The van der Waals surface area contributed by atoms with Gasteiger partial charge in [-0.15, -0.1) is 9.79 Å². The minimum atomic E-state index is -2.87. The van der Waals surface area contributed by atoms with Crippen LogP contribution < -0.4 is 0 Å². The van der Waals surface area contributed by atoms with Crippen LogP contribution in [0.2, 0.25) is 0 Å². The van der Waals surface area contributed by atoms with Crippen molar-refractivity contribution in [3.05, 3.63) is 0 Å². The van der Waals surface area contributed by atoms with Gasteiger partial charge in [-0.3, -0.25) is 0 Å². The van der Waals surface area contributed by atoms with E-state index in [1.807, 2.05) is 0 Å². The molecule has 0 bridgehead atoms. The molecule has 0 rings (SSSR count). The Balaban J connectivity index is -0.00000000125. The normalized spacial score (nSPS) is 3.71. The van der Waals surface area contributed by atoms with Crippen LogP contribution in [-0.4, -0.2) is 123 Å². The van der Waals surface area contributed by atoms with Crippen molar-refractivity contribution in [1.82, 2.24) is 0 Å². The van der Waals surface area contributed by atoms with Gasteiger partial charge >= 0.3 is 121 Å². The fourth-order valence-electron chi connectivity index (χ4n) is 0. The molecule has 0 heterocycles. The average molecular weight is 207 g/mol. The van der Waals surface area contributed by atoms with Crippen molar-refractivity contribution in [2.45, 2.75) is 0 Å². The van der Waals surface area contributed by atoms with Crippen molar-refractivity contribution in [3.8, 4) is 0 Å². The predicted octanol–water partition coefficient (Wildman–Crippen LogP) is -0.839. The molecule has 3 nitrogen and oxygen atoms in total. The van der Waals surface area contributed by atoms with Gasteiger partial charge in [0, 0.05) is 4.57 Å². The Bertz CT molecular complexity index is 46.1. The Morgan fingerprint density at radius 2 is 1.14 bits per heavy atom. The molecule has 2 N–H and O–H groups in total. The Morgan fingerprint density at radius 3 is 1.14 bits per heavy atom. The fourth-order valence-corrected chi connectivity index (χ4v) is 0. The standard InChI is InChI=1S/3Ca.HO3P.6H/c;;;1-4(2)3;;;;;;/h;;;(H-,1,2,3);;;;;;/q3*+2;;6*-1/p+1. The van der Waals surface area contributed by atoms with Gasteiger partial charge in [-0.1, -0.05) is 0 Å². The van der Waals surface area contributed by atoms with E-state index in [4.69, 9.17) is 14.4 Å². The van der Waals surface area contributed by atoms with Crippen LogP contribution in [0.3, 0.4) is 0 Å². The van der Waals surface area contributed by atoms with E-state index >= 15 is 0 Å². The molecule has 0 fully saturated rings. The van der Waals surface area contributed by atoms with Gasteiger partial charge in [-0.25, -0.2) is 0 Å². The van der Waals surface area contributed by atoms with Crippen molar-refractivity contribution in [3.63, 3.8) is 0 Å². The smallest absolute Gasteiger partial charge is 1.00 e. The molecule has 0 aliphatic heterocycles. The zero-order valence-corrected chi connectivity index (χ0v) is 11.4. The predicted molar refractivity (Wildman–Crippen MR) is 36.0 cm³/mol. The first-order chi connectivity index (χ1) is 1.73. The Labute approximate surface area is 141 Å². The average Bonchev–Trinajstić information content (AvgIpc) is 0.811. The van der Waals surface area contributed by atoms with Crippen molar-refractivity contribution in [2.24, 2.45) is 0 Å². The second kappa shape index (κ2) is 16.4. The molecule has 0 aliphatic carbocycles. The molecule has 0 unspecified atom stereocenters. The van der Waals surface area contributed by atoms with Crippen LogP contribution in [0.4, 0.5) is 0 Å². The summed E-state index contributed by atoms with van der Waals surface area (Å²) in [6.07, 6.45) is 0. The van der Waals surface area contributed by atoms with Gasteiger partial charge in [0.2, 0.25) is 0 Å². The first-order valence-electron chi connectivity index (χ1n) is 0.583. The zero-order chi connectivity index (χ0) is 3.58. The third-order valence-corrected chi connectivity index (χ3v) is 0. The van der Waals surface area contributed by atoms with Crippen LogP contribution in [0, 0.1) is 0 Å². The van der Waals surface area contributed by atoms with E-state index in [1.54, 1.807) is 0 Å². The van der Waals surface area contributed by atoms with E-state index in [9.17, 15) is 0 Å². The van der Waals surface area contributed by atoms with Crippen molar-refractivity contribution >= 4 is 121 Å². The molecule has 0 saturated carbocycles. The first kappa shape index (κ1) is 22.4. The second-order valence-corrected chi connectivity index (χ2v) is 0.758. The van der Waals surface area contributed by atoms with Crippen LogP contribution >= 0.6 is 8.25 Å². The molecule has 7 heteroatoms. The summed E-state index contributed by atoms with van der Waals surface area (Å²) in [7, 11) is -2.87. The summed E-state index contributed by atoms with van der Waals surface area (Å²) >= 11 is 0. The molecule has 0 aromatic rings. The molecule has 36 valence electrons. The van der Waals surface area contributed by atoms with Crippen LogP contribution in [0.25, 0.3) is 0 Å². The Kier molecular flexibility index (Phi) is 52.6. The molecular formula is H8Ca3O3P+.